The van der Waals surface area contributed by atoms with Gasteiger partial charge in [-0.1, -0.05) is 20.3 Å². The zero-order valence-electron chi connectivity index (χ0n) is 33.8. The molecule has 7 rings (SSSR count). The number of nitrogens with zero attached hydrogens (tertiary/aromatic N) is 4. The lowest BCUT2D eigenvalue weighted by Crippen LogP contribution is -2.48. The second-order valence-electron chi connectivity index (χ2n) is 14.8. The molecule has 18 nitrogen and oxygen atoms in total. The van der Waals surface area contributed by atoms with Crippen molar-refractivity contribution in [3.05, 3.63) is 63.0 Å². The van der Waals surface area contributed by atoms with Crippen LogP contribution in [0.1, 0.15) is 68.2 Å². The first kappa shape index (κ1) is 42.0. The van der Waals surface area contributed by atoms with Gasteiger partial charge in [0.25, 0.3) is 17.4 Å². The Morgan fingerprint density at radius 3 is 2.38 bits per heavy atom. The zero-order chi connectivity index (χ0) is 42.6. The van der Waals surface area contributed by atoms with Crippen molar-refractivity contribution in [3.8, 4) is 22.9 Å². The molecule has 2 aromatic heterocycles. The van der Waals surface area contributed by atoms with Crippen molar-refractivity contribution >= 4 is 46.5 Å². The largest absolute Gasteiger partial charge is 0.457 e. The van der Waals surface area contributed by atoms with Crippen LogP contribution in [-0.4, -0.2) is 115 Å². The molecule has 0 spiro atoms. The third-order valence-corrected chi connectivity index (χ3v) is 11.0. The number of likely N-dealkylation sites (N-methyl/N-ethyl adjacent to an activating group) is 1. The van der Waals surface area contributed by atoms with Gasteiger partial charge >= 0.3 is 11.9 Å². The van der Waals surface area contributed by atoms with Gasteiger partial charge < -0.3 is 43.2 Å². The number of pyridine rings is 2. The Morgan fingerprint density at radius 2 is 1.65 bits per heavy atom. The quantitative estimate of drug-likeness (QED) is 0.0815. The summed E-state index contributed by atoms with van der Waals surface area (Å²) in [5.74, 6) is -2.08. The van der Waals surface area contributed by atoms with E-state index in [0.29, 0.717) is 28.4 Å². The second kappa shape index (κ2) is 18.0. The van der Waals surface area contributed by atoms with Crippen LogP contribution in [-0.2, 0) is 72.9 Å². The molecule has 0 saturated heterocycles. The van der Waals surface area contributed by atoms with Gasteiger partial charge in [0.15, 0.2) is 11.5 Å². The van der Waals surface area contributed by atoms with Gasteiger partial charge in [-0.25, -0.2) is 9.78 Å². The number of aromatic nitrogens is 2. The minimum Gasteiger partial charge on any atom is -0.457 e. The highest BCUT2D eigenvalue weighted by atomic mass is 16.7. The van der Waals surface area contributed by atoms with Gasteiger partial charge in [-0.2, -0.15) is 0 Å². The smallest absolute Gasteiger partial charge is 0.355 e. The molecule has 0 radical (unpaired) electrons. The van der Waals surface area contributed by atoms with E-state index in [1.807, 2.05) is 12.1 Å². The molecular weight excluding hydrogens is 782 g/mol. The predicted molar refractivity (Wildman–Crippen MR) is 211 cm³/mol. The Hall–Kier alpha value is -6.14. The molecule has 0 bridgehead atoms. The van der Waals surface area contributed by atoms with E-state index in [2.05, 4.69) is 12.2 Å². The highest BCUT2D eigenvalue weighted by molar-refractivity contribution is 6.13. The Kier molecular flexibility index (Phi) is 12.6. The van der Waals surface area contributed by atoms with Crippen molar-refractivity contribution in [1.82, 2.24) is 24.7 Å². The monoisotopic (exact) mass is 829 g/mol. The van der Waals surface area contributed by atoms with Gasteiger partial charge in [0.1, 0.15) is 13.2 Å². The number of hydrogen-bond donors (Lipinski definition) is 1. The minimum atomic E-state index is -1.93. The fourth-order valence-corrected chi connectivity index (χ4v) is 7.74. The molecule has 318 valence electrons. The first-order valence-corrected chi connectivity index (χ1v) is 20.1. The molecular formula is C42H47N5O13. The molecule has 4 aliphatic rings. The van der Waals surface area contributed by atoms with E-state index in [0.717, 1.165) is 52.8 Å². The number of carbonyl (C=O) groups excluding carboxylic acids is 6. The molecule has 18 heteroatoms. The number of fused-ring (bicyclic) bond motifs is 6. The molecule has 1 N–H and O–H groups in total. The molecule has 4 amide bonds. The van der Waals surface area contributed by atoms with Crippen molar-refractivity contribution in [3.63, 3.8) is 0 Å². The molecule has 1 atom stereocenters. The van der Waals surface area contributed by atoms with Crippen LogP contribution < -0.4 is 20.3 Å². The number of amides is 4. The average molecular weight is 830 g/mol. The van der Waals surface area contributed by atoms with E-state index < -0.39 is 41.8 Å². The average Bonchev–Trinajstić information content (AvgIpc) is 3.94. The van der Waals surface area contributed by atoms with Crippen molar-refractivity contribution in [2.45, 2.75) is 71.1 Å². The second-order valence-corrected chi connectivity index (χ2v) is 14.8. The maximum absolute atomic E-state index is 14.2. The fraction of sp³-hybridized carbons (Fsp3) is 0.476. The molecule has 0 saturated carbocycles. The zero-order valence-corrected chi connectivity index (χ0v) is 33.8. The van der Waals surface area contributed by atoms with Crippen molar-refractivity contribution in [2.24, 2.45) is 0 Å². The number of imide groups is 1. The third-order valence-electron chi connectivity index (χ3n) is 11.0. The number of cyclic esters (lactones) is 1. The van der Waals surface area contributed by atoms with Crippen LogP contribution in [0, 0.1) is 0 Å². The standard InChI is InChI=1S/C42H47N5O13/c1-4-6-7-25-26-18-32-33(59-24-58-32)20-30(26)44-39-27(25)21-47-31(39)19-29-28(40(47)53)23-57-41(54)42(29,5-2)60-38(52)22-45(3)35(49)11-14-55-16-17-56-15-12-43-34(48)10-13-46-36(50)8-9-37(46)51/h8-9,18-20H,4-7,10-17,21-24H2,1-3H3,(H,43,48)/t42-/m0/s1. The SMILES string of the molecule is CCCCc1c2c(nc3cc4c(cc13)OCO4)-c1cc3c(c(=O)n1C2)COC(=O)[C@@]3(CC)OC(=O)CN(C)C(=O)CCOCCOCCNC(=O)CCN1C(=O)C=CC1=O. The predicted octanol–water partition coefficient (Wildman–Crippen LogP) is 2.01. The van der Waals surface area contributed by atoms with Gasteiger partial charge in [0, 0.05) is 61.3 Å². The molecule has 4 aliphatic heterocycles. The van der Waals surface area contributed by atoms with E-state index in [-0.39, 0.29) is 101 Å². The Morgan fingerprint density at radius 1 is 0.917 bits per heavy atom. The molecule has 60 heavy (non-hydrogen) atoms. The highest BCUT2D eigenvalue weighted by Crippen LogP contribution is 2.44. The number of esters is 2. The van der Waals surface area contributed by atoms with E-state index in [9.17, 15) is 33.6 Å². The summed E-state index contributed by atoms with van der Waals surface area (Å²) in [5.41, 5.74) is 1.90. The van der Waals surface area contributed by atoms with Crippen molar-refractivity contribution in [2.75, 3.05) is 59.9 Å². The van der Waals surface area contributed by atoms with Crippen LogP contribution in [0.5, 0.6) is 11.5 Å². The van der Waals surface area contributed by atoms with Gasteiger partial charge in [0.2, 0.25) is 24.2 Å². The first-order chi connectivity index (χ1) is 28.9. The molecule has 0 aliphatic carbocycles. The van der Waals surface area contributed by atoms with Crippen LogP contribution >= 0.6 is 0 Å². The maximum atomic E-state index is 14.2. The number of unbranched alkanes of at least 4 members (excludes halogenated alkanes) is 1. The lowest BCUT2D eigenvalue weighted by molar-refractivity contribution is -0.190. The van der Waals surface area contributed by atoms with E-state index in [4.69, 9.17) is 33.4 Å². The van der Waals surface area contributed by atoms with Gasteiger partial charge in [-0.15, -0.1) is 0 Å². The number of rotatable bonds is 19. The molecule has 3 aromatic rings. The summed E-state index contributed by atoms with van der Waals surface area (Å²) in [6.45, 7) is 4.23. The summed E-state index contributed by atoms with van der Waals surface area (Å²) in [6.07, 6.45) is 4.85. The van der Waals surface area contributed by atoms with Crippen LogP contribution in [0.2, 0.25) is 0 Å². The Balaban J connectivity index is 0.933. The summed E-state index contributed by atoms with van der Waals surface area (Å²) in [6, 6.07) is 5.49. The number of ether oxygens (including phenoxy) is 6. The van der Waals surface area contributed by atoms with Crippen LogP contribution in [0.3, 0.4) is 0 Å². The number of nitrogens with one attached hydrogen (secondary N) is 1. The van der Waals surface area contributed by atoms with Gasteiger partial charge in [0.05, 0.1) is 61.9 Å². The van der Waals surface area contributed by atoms with Gasteiger partial charge in [-0.05, 0) is 37.0 Å². The van der Waals surface area contributed by atoms with Crippen LogP contribution in [0.25, 0.3) is 22.3 Å². The maximum Gasteiger partial charge on any atom is 0.355 e. The van der Waals surface area contributed by atoms with E-state index in [1.54, 1.807) is 17.6 Å². The third kappa shape index (κ3) is 8.34. The topological polar surface area (TPSA) is 211 Å². The molecule has 0 unspecified atom stereocenters. The Bertz CT molecular complexity index is 2320. The number of hydrogen-bond acceptors (Lipinski definition) is 14. The van der Waals surface area contributed by atoms with E-state index in [1.165, 1.54) is 11.9 Å². The normalized spacial score (nSPS) is 17.1. The minimum absolute atomic E-state index is 0.00530. The van der Waals surface area contributed by atoms with Crippen molar-refractivity contribution < 1.29 is 57.2 Å². The van der Waals surface area contributed by atoms with E-state index >= 15 is 0 Å². The number of benzene rings is 1. The summed E-state index contributed by atoms with van der Waals surface area (Å²) < 4.78 is 35.3. The number of aryl methyl sites for hydroxylation is 1. The molecule has 6 heterocycles. The summed E-state index contributed by atoms with van der Waals surface area (Å²) >= 11 is 0. The lowest BCUT2D eigenvalue weighted by Gasteiger charge is -2.36. The number of carbonyl (C=O) groups is 6. The van der Waals surface area contributed by atoms with Gasteiger partial charge in [-0.3, -0.25) is 33.7 Å². The Labute approximate surface area is 344 Å². The highest BCUT2D eigenvalue weighted by Gasteiger charge is 2.50. The van der Waals surface area contributed by atoms with Crippen molar-refractivity contribution in [1.29, 1.82) is 0 Å². The molecule has 0 fully saturated rings. The van der Waals surface area contributed by atoms with Crippen LogP contribution in [0.4, 0.5) is 0 Å². The molecule has 1 aromatic carbocycles. The lowest BCUT2D eigenvalue weighted by atomic mass is 9.85. The first-order valence-electron chi connectivity index (χ1n) is 20.1. The summed E-state index contributed by atoms with van der Waals surface area (Å²) in [4.78, 5) is 96.4. The van der Waals surface area contributed by atoms with Crippen LogP contribution in [0.15, 0.2) is 35.1 Å². The fourth-order valence-electron chi connectivity index (χ4n) is 7.74. The summed E-state index contributed by atoms with van der Waals surface area (Å²) in [5, 5.41) is 3.57. The summed E-state index contributed by atoms with van der Waals surface area (Å²) in [7, 11) is 1.43.